The molecule has 0 atom stereocenters. The van der Waals surface area contributed by atoms with E-state index in [4.69, 9.17) is 16.3 Å². The Bertz CT molecular complexity index is 630. The molecular formula is C14H12ClN3O2. The lowest BCUT2D eigenvalue weighted by atomic mass is 10.2. The van der Waals surface area contributed by atoms with Crippen molar-refractivity contribution in [3.63, 3.8) is 0 Å². The molecule has 20 heavy (non-hydrogen) atoms. The first-order valence-electron chi connectivity index (χ1n) is 5.77. The van der Waals surface area contributed by atoms with E-state index in [1.807, 2.05) is 0 Å². The van der Waals surface area contributed by atoms with Gasteiger partial charge >= 0.3 is 0 Å². The fraction of sp³-hybridized carbons (Fsp3) is 0.0714. The SMILES string of the molecule is COc1ccc(Cl)cc1/C=N/NC(=O)c1cccnc1. The Hall–Kier alpha value is -2.40. The average molecular weight is 290 g/mol. The highest BCUT2D eigenvalue weighted by molar-refractivity contribution is 6.30. The third-order valence-corrected chi connectivity index (χ3v) is 2.72. The van der Waals surface area contributed by atoms with Gasteiger partial charge in [0.25, 0.3) is 5.91 Å². The summed E-state index contributed by atoms with van der Waals surface area (Å²) in [6, 6.07) is 8.47. The molecule has 2 rings (SSSR count). The summed E-state index contributed by atoms with van der Waals surface area (Å²) in [7, 11) is 1.55. The van der Waals surface area contributed by atoms with Crippen molar-refractivity contribution in [3.8, 4) is 5.75 Å². The zero-order valence-corrected chi connectivity index (χ0v) is 11.5. The fourth-order valence-corrected chi connectivity index (χ4v) is 1.71. The molecule has 5 nitrogen and oxygen atoms in total. The lowest BCUT2D eigenvalue weighted by Crippen LogP contribution is -2.17. The van der Waals surface area contributed by atoms with Crippen molar-refractivity contribution in [3.05, 3.63) is 58.9 Å². The number of nitrogens with zero attached hydrogens (tertiary/aromatic N) is 2. The summed E-state index contributed by atoms with van der Waals surface area (Å²) in [6.45, 7) is 0. The van der Waals surface area contributed by atoms with E-state index in [1.165, 1.54) is 12.4 Å². The smallest absolute Gasteiger partial charge is 0.272 e. The molecule has 1 N–H and O–H groups in total. The van der Waals surface area contributed by atoms with E-state index in [2.05, 4.69) is 15.5 Å². The van der Waals surface area contributed by atoms with Crippen molar-refractivity contribution in [2.75, 3.05) is 7.11 Å². The van der Waals surface area contributed by atoms with Crippen LogP contribution in [0, 0.1) is 0 Å². The molecule has 1 aromatic heterocycles. The van der Waals surface area contributed by atoms with Crippen LogP contribution >= 0.6 is 11.6 Å². The third kappa shape index (κ3) is 3.55. The summed E-state index contributed by atoms with van der Waals surface area (Å²) in [5, 5.41) is 4.44. The van der Waals surface area contributed by atoms with Gasteiger partial charge in [-0.15, -0.1) is 0 Å². The van der Waals surface area contributed by atoms with Gasteiger partial charge in [0.15, 0.2) is 0 Å². The van der Waals surface area contributed by atoms with Crippen LogP contribution < -0.4 is 10.2 Å². The van der Waals surface area contributed by atoms with Crippen LogP contribution in [0.25, 0.3) is 0 Å². The second-order valence-corrected chi connectivity index (χ2v) is 4.26. The van der Waals surface area contributed by atoms with Crippen molar-refractivity contribution in [1.29, 1.82) is 0 Å². The maximum atomic E-state index is 11.7. The molecule has 0 aliphatic heterocycles. The molecule has 1 amide bonds. The van der Waals surface area contributed by atoms with Gasteiger partial charge in [0.2, 0.25) is 0 Å². The summed E-state index contributed by atoms with van der Waals surface area (Å²) in [6.07, 6.45) is 4.53. The molecule has 2 aromatic rings. The van der Waals surface area contributed by atoms with Gasteiger partial charge in [-0.2, -0.15) is 5.10 Å². The predicted octanol–water partition coefficient (Wildman–Crippen LogP) is 2.51. The molecule has 0 saturated heterocycles. The topological polar surface area (TPSA) is 63.6 Å². The number of carbonyl (C=O) groups is 1. The van der Waals surface area contributed by atoms with Gasteiger partial charge < -0.3 is 4.74 Å². The molecule has 0 aliphatic carbocycles. The lowest BCUT2D eigenvalue weighted by Gasteiger charge is -2.04. The van der Waals surface area contributed by atoms with Gasteiger partial charge in [-0.3, -0.25) is 9.78 Å². The number of hydrazone groups is 1. The Morgan fingerprint density at radius 2 is 2.30 bits per heavy atom. The molecule has 0 spiro atoms. The molecule has 0 fully saturated rings. The molecule has 1 aromatic carbocycles. The minimum atomic E-state index is -0.338. The molecule has 0 radical (unpaired) electrons. The molecular weight excluding hydrogens is 278 g/mol. The monoisotopic (exact) mass is 289 g/mol. The fourth-order valence-electron chi connectivity index (χ4n) is 1.53. The van der Waals surface area contributed by atoms with Crippen molar-refractivity contribution in [2.24, 2.45) is 5.10 Å². The lowest BCUT2D eigenvalue weighted by molar-refractivity contribution is 0.0955. The number of benzene rings is 1. The number of hydrogen-bond donors (Lipinski definition) is 1. The number of pyridine rings is 1. The molecule has 102 valence electrons. The summed E-state index contributed by atoms with van der Waals surface area (Å²) in [4.78, 5) is 15.6. The number of rotatable bonds is 4. The molecule has 0 aliphatic rings. The van der Waals surface area contributed by atoms with E-state index in [-0.39, 0.29) is 5.91 Å². The van der Waals surface area contributed by atoms with Crippen LogP contribution in [0.2, 0.25) is 5.02 Å². The van der Waals surface area contributed by atoms with Gasteiger partial charge in [-0.1, -0.05) is 11.6 Å². The number of aromatic nitrogens is 1. The standard InChI is InChI=1S/C14H12ClN3O2/c1-20-13-5-4-12(15)7-11(13)9-17-18-14(19)10-3-2-6-16-8-10/h2-9H,1H3,(H,18,19)/b17-9+. The van der Waals surface area contributed by atoms with Gasteiger partial charge in [0.05, 0.1) is 18.9 Å². The largest absolute Gasteiger partial charge is 0.496 e. The number of ether oxygens (including phenoxy) is 1. The maximum Gasteiger partial charge on any atom is 0.272 e. The average Bonchev–Trinajstić information content (AvgIpc) is 2.48. The number of halogens is 1. The van der Waals surface area contributed by atoms with Crippen molar-refractivity contribution in [1.82, 2.24) is 10.4 Å². The maximum absolute atomic E-state index is 11.7. The van der Waals surface area contributed by atoms with Crippen LogP contribution in [0.4, 0.5) is 0 Å². The highest BCUT2D eigenvalue weighted by Crippen LogP contribution is 2.20. The van der Waals surface area contributed by atoms with Crippen molar-refractivity contribution < 1.29 is 9.53 Å². The zero-order chi connectivity index (χ0) is 14.4. The van der Waals surface area contributed by atoms with E-state index in [1.54, 1.807) is 43.6 Å². The van der Waals surface area contributed by atoms with Gasteiger partial charge in [0, 0.05) is 23.0 Å². The summed E-state index contributed by atoms with van der Waals surface area (Å²) < 4.78 is 5.17. The van der Waals surface area contributed by atoms with Crippen LogP contribution in [0.5, 0.6) is 5.75 Å². The normalized spacial score (nSPS) is 10.5. The number of amides is 1. The number of carbonyl (C=O) groups excluding carboxylic acids is 1. The van der Waals surface area contributed by atoms with E-state index in [0.717, 1.165) is 0 Å². The quantitative estimate of drug-likeness (QED) is 0.695. The van der Waals surface area contributed by atoms with E-state index in [9.17, 15) is 4.79 Å². The predicted molar refractivity (Wildman–Crippen MR) is 77.3 cm³/mol. The molecule has 0 saturated carbocycles. The van der Waals surface area contributed by atoms with Gasteiger partial charge in [-0.25, -0.2) is 5.43 Å². The summed E-state index contributed by atoms with van der Waals surface area (Å²) >= 11 is 5.90. The van der Waals surface area contributed by atoms with Crippen LogP contribution in [0.1, 0.15) is 15.9 Å². The Kier molecular flexibility index (Phi) is 4.68. The Balaban J connectivity index is 2.07. The summed E-state index contributed by atoms with van der Waals surface area (Å²) in [5.41, 5.74) is 3.52. The van der Waals surface area contributed by atoms with E-state index >= 15 is 0 Å². The Morgan fingerprint density at radius 3 is 3.00 bits per heavy atom. The second-order valence-electron chi connectivity index (χ2n) is 3.83. The Morgan fingerprint density at radius 1 is 1.45 bits per heavy atom. The first kappa shape index (κ1) is 14.0. The second kappa shape index (κ2) is 6.68. The van der Waals surface area contributed by atoms with E-state index in [0.29, 0.717) is 21.9 Å². The van der Waals surface area contributed by atoms with Crippen LogP contribution in [0.3, 0.4) is 0 Å². The number of nitrogens with one attached hydrogen (secondary N) is 1. The molecule has 0 bridgehead atoms. The Labute approximate surface area is 121 Å². The van der Waals surface area contributed by atoms with Crippen molar-refractivity contribution in [2.45, 2.75) is 0 Å². The number of hydrogen-bond acceptors (Lipinski definition) is 4. The first-order chi connectivity index (χ1) is 9.70. The molecule has 0 unspecified atom stereocenters. The van der Waals surface area contributed by atoms with Gasteiger partial charge in [0.1, 0.15) is 5.75 Å². The van der Waals surface area contributed by atoms with Gasteiger partial charge in [-0.05, 0) is 30.3 Å². The van der Waals surface area contributed by atoms with Crippen LogP contribution in [-0.2, 0) is 0 Å². The zero-order valence-electron chi connectivity index (χ0n) is 10.7. The highest BCUT2D eigenvalue weighted by Gasteiger charge is 2.04. The minimum absolute atomic E-state index is 0.338. The molecule has 6 heteroatoms. The summed E-state index contributed by atoms with van der Waals surface area (Å²) in [5.74, 6) is 0.282. The highest BCUT2D eigenvalue weighted by atomic mass is 35.5. The third-order valence-electron chi connectivity index (χ3n) is 2.49. The molecule has 1 heterocycles. The number of methoxy groups -OCH3 is 1. The van der Waals surface area contributed by atoms with Crippen LogP contribution in [-0.4, -0.2) is 24.2 Å². The van der Waals surface area contributed by atoms with E-state index < -0.39 is 0 Å². The van der Waals surface area contributed by atoms with Crippen LogP contribution in [0.15, 0.2) is 47.8 Å². The first-order valence-corrected chi connectivity index (χ1v) is 6.15. The van der Waals surface area contributed by atoms with Crippen molar-refractivity contribution >= 4 is 23.7 Å². The minimum Gasteiger partial charge on any atom is -0.496 e.